The molecule has 0 spiro atoms. The number of aromatic nitrogens is 2. The van der Waals surface area contributed by atoms with Crippen molar-refractivity contribution in [1.29, 1.82) is 0 Å². The molecule has 0 radical (unpaired) electrons. The molecule has 2 aromatic heterocycles. The predicted octanol–water partition coefficient (Wildman–Crippen LogP) is 2.10. The Balaban J connectivity index is 1.74. The van der Waals surface area contributed by atoms with Gasteiger partial charge < -0.3 is 9.64 Å². The predicted molar refractivity (Wildman–Crippen MR) is 94.6 cm³/mol. The first-order chi connectivity index (χ1) is 11.4. The van der Waals surface area contributed by atoms with Crippen molar-refractivity contribution >= 4 is 27.5 Å². The highest BCUT2D eigenvalue weighted by Gasteiger charge is 2.25. The van der Waals surface area contributed by atoms with Gasteiger partial charge in [-0.2, -0.15) is 0 Å². The van der Waals surface area contributed by atoms with Gasteiger partial charge in [0.2, 0.25) is 5.91 Å². The van der Waals surface area contributed by atoms with E-state index in [1.807, 2.05) is 32.6 Å². The summed E-state index contributed by atoms with van der Waals surface area (Å²) in [5.41, 5.74) is 0.933. The van der Waals surface area contributed by atoms with Gasteiger partial charge >= 0.3 is 0 Å². The summed E-state index contributed by atoms with van der Waals surface area (Å²) in [5.74, 6) is 0.0576. The molecule has 0 saturated carbocycles. The molecule has 1 fully saturated rings. The normalized spacial score (nSPS) is 21.4. The maximum Gasteiger partial charge on any atom is 0.262 e. The summed E-state index contributed by atoms with van der Waals surface area (Å²) in [4.78, 5) is 33.2. The number of nitrogens with zero attached hydrogens (tertiary/aromatic N) is 3. The first-order valence-corrected chi connectivity index (χ1v) is 9.07. The largest absolute Gasteiger partial charge is 0.372 e. The molecule has 7 heteroatoms. The van der Waals surface area contributed by atoms with Gasteiger partial charge in [0.25, 0.3) is 5.56 Å². The van der Waals surface area contributed by atoms with Crippen molar-refractivity contribution in [3.63, 3.8) is 0 Å². The summed E-state index contributed by atoms with van der Waals surface area (Å²) in [6.45, 7) is 9.46. The lowest BCUT2D eigenvalue weighted by atomic mass is 10.2. The van der Waals surface area contributed by atoms with Gasteiger partial charge in [0.15, 0.2) is 0 Å². The molecule has 0 unspecified atom stereocenters. The monoisotopic (exact) mass is 349 g/mol. The smallest absolute Gasteiger partial charge is 0.262 e. The van der Waals surface area contributed by atoms with Gasteiger partial charge in [0.05, 0.1) is 23.9 Å². The summed E-state index contributed by atoms with van der Waals surface area (Å²) < 4.78 is 7.20. The van der Waals surface area contributed by atoms with Crippen LogP contribution < -0.4 is 5.56 Å². The molecule has 0 N–H and O–H groups in total. The van der Waals surface area contributed by atoms with Gasteiger partial charge in [0, 0.05) is 30.9 Å². The molecule has 1 aliphatic rings. The van der Waals surface area contributed by atoms with E-state index in [9.17, 15) is 9.59 Å². The Hall–Kier alpha value is -1.73. The Morgan fingerprint density at radius 1 is 1.33 bits per heavy atom. The van der Waals surface area contributed by atoms with E-state index in [2.05, 4.69) is 4.98 Å². The Labute approximate surface area is 145 Å². The molecule has 1 saturated heterocycles. The second-order valence-electron chi connectivity index (χ2n) is 6.51. The average Bonchev–Trinajstić information content (AvgIpc) is 2.81. The van der Waals surface area contributed by atoms with Crippen LogP contribution in [0.2, 0.25) is 0 Å². The van der Waals surface area contributed by atoms with Gasteiger partial charge in [-0.25, -0.2) is 4.98 Å². The minimum Gasteiger partial charge on any atom is -0.372 e. The van der Waals surface area contributed by atoms with Crippen molar-refractivity contribution in [3.05, 3.63) is 27.1 Å². The summed E-state index contributed by atoms with van der Waals surface area (Å²) >= 11 is 1.54. The second-order valence-corrected chi connectivity index (χ2v) is 7.72. The fourth-order valence-electron chi connectivity index (χ4n) is 3.18. The van der Waals surface area contributed by atoms with Crippen molar-refractivity contribution in [1.82, 2.24) is 14.5 Å². The molecule has 3 rings (SSSR count). The fraction of sp³-hybridized carbons (Fsp3) is 0.588. The van der Waals surface area contributed by atoms with E-state index in [-0.39, 0.29) is 23.7 Å². The first kappa shape index (κ1) is 17.1. The number of ether oxygens (including phenoxy) is 1. The highest BCUT2D eigenvalue weighted by Crippen LogP contribution is 2.25. The van der Waals surface area contributed by atoms with Gasteiger partial charge in [-0.1, -0.05) is 0 Å². The number of rotatable bonds is 3. The Kier molecular flexibility index (Phi) is 4.73. The maximum absolute atomic E-state index is 12.6. The third-order valence-corrected chi connectivity index (χ3v) is 5.61. The van der Waals surface area contributed by atoms with Crippen molar-refractivity contribution in [3.8, 4) is 0 Å². The number of fused-ring (bicyclic) bond motifs is 1. The highest BCUT2D eigenvalue weighted by atomic mass is 32.1. The van der Waals surface area contributed by atoms with E-state index < -0.39 is 0 Å². The molecule has 0 aromatic carbocycles. The van der Waals surface area contributed by atoms with Crippen molar-refractivity contribution in [2.75, 3.05) is 13.1 Å². The third-order valence-electron chi connectivity index (χ3n) is 4.49. The van der Waals surface area contributed by atoms with Crippen LogP contribution in [0, 0.1) is 13.8 Å². The van der Waals surface area contributed by atoms with E-state index in [0.29, 0.717) is 31.4 Å². The summed E-state index contributed by atoms with van der Waals surface area (Å²) in [7, 11) is 0. The summed E-state index contributed by atoms with van der Waals surface area (Å²) in [6, 6.07) is 0. The summed E-state index contributed by atoms with van der Waals surface area (Å²) in [5, 5.41) is 0.682. The van der Waals surface area contributed by atoms with Crippen LogP contribution in [0.5, 0.6) is 0 Å². The Morgan fingerprint density at radius 3 is 2.67 bits per heavy atom. The number of carbonyl (C=O) groups excluding carboxylic acids is 1. The second kappa shape index (κ2) is 6.64. The van der Waals surface area contributed by atoms with E-state index in [0.717, 1.165) is 15.3 Å². The minimum atomic E-state index is -0.0571. The molecular weight excluding hydrogens is 326 g/mol. The lowest BCUT2D eigenvalue weighted by Crippen LogP contribution is -2.48. The van der Waals surface area contributed by atoms with Gasteiger partial charge in [-0.15, -0.1) is 11.3 Å². The van der Waals surface area contributed by atoms with Crippen LogP contribution in [-0.2, 0) is 16.1 Å². The number of aryl methyl sites for hydroxylation is 3. The number of thiophene rings is 1. The molecule has 6 nitrogen and oxygen atoms in total. The third kappa shape index (κ3) is 3.23. The number of hydrogen-bond acceptors (Lipinski definition) is 5. The lowest BCUT2D eigenvalue weighted by molar-refractivity contribution is -0.143. The molecular formula is C17H23N3O3S. The maximum atomic E-state index is 12.6. The van der Waals surface area contributed by atoms with Crippen LogP contribution in [0.4, 0.5) is 0 Å². The minimum absolute atomic E-state index is 0.0508. The number of hydrogen-bond donors (Lipinski definition) is 0. The standard InChI is InChI=1S/C17H23N3O3S/c1-10-7-20(8-11(2)23-10)14(21)5-6-19-9-18-16-15(17(19)22)12(3)13(4)24-16/h9-11H,5-8H2,1-4H3/t10-,11+. The molecule has 3 heterocycles. The fourth-order valence-corrected chi connectivity index (χ4v) is 4.17. The first-order valence-electron chi connectivity index (χ1n) is 8.25. The average molecular weight is 349 g/mol. The Bertz CT molecular complexity index is 816. The van der Waals surface area contributed by atoms with Crippen LogP contribution in [0.1, 0.15) is 30.7 Å². The molecule has 1 aliphatic heterocycles. The zero-order chi connectivity index (χ0) is 17.4. The Morgan fingerprint density at radius 2 is 2.00 bits per heavy atom. The topological polar surface area (TPSA) is 64.4 Å². The number of carbonyl (C=O) groups is 1. The van der Waals surface area contributed by atoms with Gasteiger partial charge in [-0.05, 0) is 33.3 Å². The molecule has 24 heavy (non-hydrogen) atoms. The molecule has 1 amide bonds. The van der Waals surface area contributed by atoms with Crippen LogP contribution in [0.15, 0.2) is 11.1 Å². The molecule has 130 valence electrons. The van der Waals surface area contributed by atoms with Gasteiger partial charge in [0.1, 0.15) is 4.83 Å². The van der Waals surface area contributed by atoms with Crippen LogP contribution >= 0.6 is 11.3 Å². The van der Waals surface area contributed by atoms with Crippen molar-refractivity contribution < 1.29 is 9.53 Å². The number of morpholine rings is 1. The highest BCUT2D eigenvalue weighted by molar-refractivity contribution is 7.18. The van der Waals surface area contributed by atoms with Crippen LogP contribution in [-0.4, -0.2) is 45.7 Å². The van der Waals surface area contributed by atoms with E-state index in [4.69, 9.17) is 4.74 Å². The molecule has 2 aromatic rings. The van der Waals surface area contributed by atoms with E-state index in [1.165, 1.54) is 11.3 Å². The quantitative estimate of drug-likeness (QED) is 0.851. The lowest BCUT2D eigenvalue weighted by Gasteiger charge is -2.35. The SMILES string of the molecule is Cc1sc2ncn(CCC(=O)N3C[C@@H](C)O[C@@H](C)C3)c(=O)c2c1C. The van der Waals surface area contributed by atoms with E-state index in [1.54, 1.807) is 10.9 Å². The van der Waals surface area contributed by atoms with Crippen LogP contribution in [0.25, 0.3) is 10.2 Å². The van der Waals surface area contributed by atoms with Crippen LogP contribution in [0.3, 0.4) is 0 Å². The van der Waals surface area contributed by atoms with E-state index >= 15 is 0 Å². The van der Waals surface area contributed by atoms with Crippen molar-refractivity contribution in [2.45, 2.75) is 52.9 Å². The zero-order valence-corrected chi connectivity index (χ0v) is 15.4. The van der Waals surface area contributed by atoms with Crippen molar-refractivity contribution in [2.24, 2.45) is 0 Å². The van der Waals surface area contributed by atoms with Gasteiger partial charge in [-0.3, -0.25) is 14.2 Å². The number of amides is 1. The summed E-state index contributed by atoms with van der Waals surface area (Å²) in [6.07, 6.45) is 1.96. The molecule has 2 atom stereocenters. The zero-order valence-electron chi connectivity index (χ0n) is 14.5. The molecule has 0 bridgehead atoms. The molecule has 0 aliphatic carbocycles.